The van der Waals surface area contributed by atoms with Crippen LogP contribution >= 0.6 is 0 Å². The number of hydrogen-bond donors (Lipinski definition) is 2. The van der Waals surface area contributed by atoms with Crippen LogP contribution in [0.2, 0.25) is 0 Å². The predicted molar refractivity (Wildman–Crippen MR) is 121 cm³/mol. The summed E-state index contributed by atoms with van der Waals surface area (Å²) in [5.74, 6) is 0.362. The van der Waals surface area contributed by atoms with Crippen molar-refractivity contribution in [1.82, 2.24) is 10.6 Å². The maximum absolute atomic E-state index is 12.6. The van der Waals surface area contributed by atoms with E-state index in [9.17, 15) is 4.79 Å². The number of carbonyl (C=O) groups excluding carboxylic acids is 1. The molecule has 3 aromatic rings. The molecule has 0 saturated carbocycles. The third-order valence-corrected chi connectivity index (χ3v) is 5.35. The molecule has 146 valence electrons. The van der Waals surface area contributed by atoms with Gasteiger partial charge in [0, 0.05) is 12.1 Å². The average Bonchev–Trinajstić information content (AvgIpc) is 3.06. The zero-order chi connectivity index (χ0) is 20.2. The third kappa shape index (κ3) is 4.01. The molecule has 1 aliphatic carbocycles. The van der Waals surface area contributed by atoms with Crippen LogP contribution in [0.1, 0.15) is 34.0 Å². The van der Waals surface area contributed by atoms with Gasteiger partial charge in [-0.05, 0) is 71.1 Å². The summed E-state index contributed by atoms with van der Waals surface area (Å²) >= 11 is 0. The predicted octanol–water partition coefficient (Wildman–Crippen LogP) is 4.84. The fourth-order valence-corrected chi connectivity index (χ4v) is 3.93. The number of benzene rings is 3. The van der Waals surface area contributed by atoms with Gasteiger partial charge in [0.1, 0.15) is 0 Å². The highest BCUT2D eigenvalue weighted by atomic mass is 16.1. The second kappa shape index (κ2) is 8.46. The summed E-state index contributed by atoms with van der Waals surface area (Å²) in [4.78, 5) is 12.6. The molecule has 1 aliphatic rings. The van der Waals surface area contributed by atoms with Crippen molar-refractivity contribution >= 4 is 17.6 Å². The van der Waals surface area contributed by atoms with Crippen LogP contribution in [0, 0.1) is 5.92 Å². The number of nitrogens with one attached hydrogen (secondary N) is 2. The molecule has 1 amide bonds. The molecule has 1 atom stereocenters. The summed E-state index contributed by atoms with van der Waals surface area (Å²) in [6.45, 7) is 3.66. The third-order valence-electron chi connectivity index (χ3n) is 5.35. The number of hydrogen-bond acceptors (Lipinski definition) is 2. The Labute approximate surface area is 172 Å². The van der Waals surface area contributed by atoms with Crippen molar-refractivity contribution < 1.29 is 4.79 Å². The van der Waals surface area contributed by atoms with Crippen LogP contribution in [-0.2, 0) is 0 Å². The van der Waals surface area contributed by atoms with Crippen LogP contribution in [0.5, 0.6) is 0 Å². The first-order valence-corrected chi connectivity index (χ1v) is 10.1. The molecular formula is C26H26N2O. The first kappa shape index (κ1) is 19.2. The van der Waals surface area contributed by atoms with E-state index in [2.05, 4.69) is 78.2 Å². The summed E-state index contributed by atoms with van der Waals surface area (Å²) in [6.07, 6.45) is 2.19. The summed E-state index contributed by atoms with van der Waals surface area (Å²) in [5.41, 5.74) is 7.94. The van der Waals surface area contributed by atoms with Gasteiger partial charge >= 0.3 is 0 Å². The van der Waals surface area contributed by atoms with Crippen LogP contribution in [-0.4, -0.2) is 26.0 Å². The molecule has 1 unspecified atom stereocenters. The molecular weight excluding hydrogens is 356 g/mol. The Morgan fingerprint density at radius 3 is 2.10 bits per heavy atom. The van der Waals surface area contributed by atoms with Crippen LogP contribution in [0.15, 0.2) is 72.8 Å². The highest BCUT2D eigenvalue weighted by molar-refractivity contribution is 6.06. The van der Waals surface area contributed by atoms with E-state index in [0.29, 0.717) is 18.0 Å². The van der Waals surface area contributed by atoms with E-state index in [0.717, 1.165) is 12.1 Å². The van der Waals surface area contributed by atoms with Gasteiger partial charge in [0.15, 0.2) is 0 Å². The van der Waals surface area contributed by atoms with Gasteiger partial charge in [-0.3, -0.25) is 4.79 Å². The zero-order valence-corrected chi connectivity index (χ0v) is 16.9. The Balaban J connectivity index is 1.63. The van der Waals surface area contributed by atoms with Gasteiger partial charge in [-0.25, -0.2) is 0 Å². The van der Waals surface area contributed by atoms with Gasteiger partial charge in [-0.1, -0.05) is 67.6 Å². The Kier molecular flexibility index (Phi) is 5.59. The maximum Gasteiger partial charge on any atom is 0.251 e. The lowest BCUT2D eigenvalue weighted by Crippen LogP contribution is -2.32. The van der Waals surface area contributed by atoms with Gasteiger partial charge in [0.25, 0.3) is 5.91 Å². The topological polar surface area (TPSA) is 41.1 Å². The highest BCUT2D eigenvalue weighted by Crippen LogP contribution is 2.44. The lowest BCUT2D eigenvalue weighted by atomic mass is 10.00. The fourth-order valence-electron chi connectivity index (χ4n) is 3.93. The van der Waals surface area contributed by atoms with Gasteiger partial charge in [-0.2, -0.15) is 0 Å². The molecule has 0 heterocycles. The molecule has 3 heteroatoms. The highest BCUT2D eigenvalue weighted by Gasteiger charge is 2.22. The zero-order valence-electron chi connectivity index (χ0n) is 16.9. The van der Waals surface area contributed by atoms with E-state index >= 15 is 0 Å². The van der Waals surface area contributed by atoms with Crippen molar-refractivity contribution in [2.45, 2.75) is 6.92 Å². The minimum atomic E-state index is -0.0274. The van der Waals surface area contributed by atoms with E-state index in [1.54, 1.807) is 0 Å². The second-order valence-corrected chi connectivity index (χ2v) is 7.65. The lowest BCUT2D eigenvalue weighted by molar-refractivity contribution is 0.0948. The molecule has 3 aromatic carbocycles. The van der Waals surface area contributed by atoms with Crippen molar-refractivity contribution in [1.29, 1.82) is 0 Å². The van der Waals surface area contributed by atoms with Gasteiger partial charge in [0.05, 0.1) is 0 Å². The standard InChI is InChI=1S/C26H26N2O/c1-18(16-27-2)17-28-26(29)20-9-7-8-19(14-20)15-25-23-12-5-3-10-21(23)22-11-4-6-13-24(22)25/h3-15,18,27H,16-17H2,1-2H3,(H,28,29). The summed E-state index contributed by atoms with van der Waals surface area (Å²) in [7, 11) is 1.93. The largest absolute Gasteiger partial charge is 0.352 e. The van der Waals surface area contributed by atoms with E-state index in [1.165, 1.54) is 27.8 Å². The number of fused-ring (bicyclic) bond motifs is 3. The molecule has 3 nitrogen and oxygen atoms in total. The quantitative estimate of drug-likeness (QED) is 0.501. The first-order valence-electron chi connectivity index (χ1n) is 10.1. The molecule has 4 rings (SSSR count). The fraction of sp³-hybridized carbons (Fsp3) is 0.192. The van der Waals surface area contributed by atoms with Crippen molar-refractivity contribution in [3.8, 4) is 11.1 Å². The van der Waals surface area contributed by atoms with E-state index in [-0.39, 0.29) is 5.91 Å². The Hall–Kier alpha value is -3.17. The maximum atomic E-state index is 12.6. The summed E-state index contributed by atoms with van der Waals surface area (Å²) < 4.78 is 0. The summed E-state index contributed by atoms with van der Waals surface area (Å²) in [5, 5.41) is 6.17. The average molecular weight is 383 g/mol. The first-order chi connectivity index (χ1) is 14.2. The van der Waals surface area contributed by atoms with E-state index in [1.807, 2.05) is 25.2 Å². The molecule has 0 aliphatic heterocycles. The van der Waals surface area contributed by atoms with Gasteiger partial charge in [0.2, 0.25) is 0 Å². The Morgan fingerprint density at radius 1 is 0.862 bits per heavy atom. The summed E-state index contributed by atoms with van der Waals surface area (Å²) in [6, 6.07) is 24.8. The van der Waals surface area contributed by atoms with Crippen molar-refractivity contribution in [2.75, 3.05) is 20.1 Å². The van der Waals surface area contributed by atoms with Crippen molar-refractivity contribution in [3.63, 3.8) is 0 Å². The van der Waals surface area contributed by atoms with Crippen LogP contribution in [0.4, 0.5) is 0 Å². The van der Waals surface area contributed by atoms with Crippen LogP contribution in [0.3, 0.4) is 0 Å². The second-order valence-electron chi connectivity index (χ2n) is 7.65. The van der Waals surface area contributed by atoms with Gasteiger partial charge < -0.3 is 10.6 Å². The van der Waals surface area contributed by atoms with E-state index in [4.69, 9.17) is 0 Å². The molecule has 0 spiro atoms. The normalized spacial score (nSPS) is 12.8. The number of rotatable bonds is 6. The number of carbonyl (C=O) groups is 1. The monoisotopic (exact) mass is 382 g/mol. The Bertz CT molecular complexity index is 1020. The molecule has 0 bridgehead atoms. The Morgan fingerprint density at radius 2 is 1.48 bits per heavy atom. The molecule has 0 fully saturated rings. The van der Waals surface area contributed by atoms with Crippen LogP contribution < -0.4 is 10.6 Å². The van der Waals surface area contributed by atoms with Gasteiger partial charge in [-0.15, -0.1) is 0 Å². The van der Waals surface area contributed by atoms with Crippen molar-refractivity contribution in [2.24, 2.45) is 5.92 Å². The molecule has 0 radical (unpaired) electrons. The van der Waals surface area contributed by atoms with Crippen LogP contribution in [0.25, 0.3) is 22.8 Å². The SMILES string of the molecule is CNCC(C)CNC(=O)c1cccc(C=C2c3ccccc3-c3ccccc32)c1. The van der Waals surface area contributed by atoms with E-state index < -0.39 is 0 Å². The molecule has 0 aromatic heterocycles. The minimum absolute atomic E-state index is 0.0274. The smallest absolute Gasteiger partial charge is 0.251 e. The number of amides is 1. The molecule has 0 saturated heterocycles. The lowest BCUT2D eigenvalue weighted by Gasteiger charge is -2.12. The molecule has 2 N–H and O–H groups in total. The molecule has 29 heavy (non-hydrogen) atoms. The van der Waals surface area contributed by atoms with Crippen molar-refractivity contribution in [3.05, 3.63) is 95.1 Å². The minimum Gasteiger partial charge on any atom is -0.352 e.